The Balaban J connectivity index is 1.67. The Labute approximate surface area is 174 Å². The molecule has 0 saturated carbocycles. The summed E-state index contributed by atoms with van der Waals surface area (Å²) >= 11 is 0. The van der Waals surface area contributed by atoms with Crippen molar-refractivity contribution in [2.75, 3.05) is 37.4 Å². The fourth-order valence-electron chi connectivity index (χ4n) is 3.80. The number of hydrogen-bond acceptors (Lipinski definition) is 6. The summed E-state index contributed by atoms with van der Waals surface area (Å²) in [5.41, 5.74) is 1.12. The molecule has 1 N–H and O–H groups in total. The van der Waals surface area contributed by atoms with Gasteiger partial charge in [-0.1, -0.05) is 12.1 Å². The minimum absolute atomic E-state index is 0.119. The molecule has 8 heteroatoms. The molecule has 6 nitrogen and oxygen atoms in total. The van der Waals surface area contributed by atoms with E-state index in [2.05, 4.69) is 51.3 Å². The molecule has 1 aromatic carbocycles. The number of aryl methyl sites for hydroxylation is 1. The first-order valence-electron chi connectivity index (χ1n) is 9.95. The standard InChI is InChI=1S/C22H26F2N6/c1-13(15-7-6-8-18(23)20(15)24)26-21-16-9-19(25-10-17(16)14(2)27-28-21)30-11-22(3,12-30)29(4)5/h6-10,13H,11-12H2,1-5H3,(H,26,28)/t13-/m1/s1. The Kier molecular flexibility index (Phi) is 5.05. The van der Waals surface area contributed by atoms with Crippen LogP contribution in [0.5, 0.6) is 0 Å². The van der Waals surface area contributed by atoms with Gasteiger partial charge in [0.05, 0.1) is 17.3 Å². The summed E-state index contributed by atoms with van der Waals surface area (Å²) in [5, 5.41) is 13.4. The van der Waals surface area contributed by atoms with Crippen molar-refractivity contribution in [3.63, 3.8) is 0 Å². The van der Waals surface area contributed by atoms with Gasteiger partial charge >= 0.3 is 0 Å². The Bertz CT molecular complexity index is 1090. The van der Waals surface area contributed by atoms with E-state index in [9.17, 15) is 8.78 Å². The maximum absolute atomic E-state index is 14.2. The van der Waals surface area contributed by atoms with Crippen molar-refractivity contribution >= 4 is 22.4 Å². The van der Waals surface area contributed by atoms with Crippen LogP contribution in [0.4, 0.5) is 20.4 Å². The second-order valence-corrected chi connectivity index (χ2v) is 8.48. The Hall–Kier alpha value is -2.87. The molecule has 30 heavy (non-hydrogen) atoms. The van der Waals surface area contributed by atoms with Gasteiger partial charge in [-0.05, 0) is 47.0 Å². The average molecular weight is 412 g/mol. The number of nitrogens with zero attached hydrogens (tertiary/aromatic N) is 5. The number of aromatic nitrogens is 3. The lowest BCUT2D eigenvalue weighted by Gasteiger charge is -2.52. The molecule has 0 amide bonds. The Morgan fingerprint density at radius 2 is 1.90 bits per heavy atom. The molecule has 3 heterocycles. The number of halogens is 2. The molecule has 1 fully saturated rings. The molecule has 0 bridgehead atoms. The third-order valence-corrected chi connectivity index (χ3v) is 6.10. The highest BCUT2D eigenvalue weighted by atomic mass is 19.2. The molecule has 1 saturated heterocycles. The second-order valence-electron chi connectivity index (χ2n) is 8.48. The molecular weight excluding hydrogens is 386 g/mol. The van der Waals surface area contributed by atoms with Crippen molar-refractivity contribution in [3.8, 4) is 0 Å². The van der Waals surface area contributed by atoms with Gasteiger partial charge in [0.2, 0.25) is 0 Å². The summed E-state index contributed by atoms with van der Waals surface area (Å²) < 4.78 is 27.9. The molecule has 0 aliphatic carbocycles. The molecule has 1 atom stereocenters. The van der Waals surface area contributed by atoms with E-state index in [-0.39, 0.29) is 11.1 Å². The molecule has 1 aliphatic heterocycles. The lowest BCUT2D eigenvalue weighted by molar-refractivity contribution is 0.132. The van der Waals surface area contributed by atoms with Crippen molar-refractivity contribution in [2.45, 2.75) is 32.4 Å². The molecule has 4 rings (SSSR count). The lowest BCUT2D eigenvalue weighted by Crippen LogP contribution is -2.67. The topological polar surface area (TPSA) is 57.2 Å². The normalized spacial score (nSPS) is 16.6. The molecule has 0 spiro atoms. The van der Waals surface area contributed by atoms with E-state index in [4.69, 9.17) is 0 Å². The SMILES string of the molecule is Cc1nnc(N[C@H](C)c2cccc(F)c2F)c2cc(N3CC(C)(N(C)C)C3)ncc12. The predicted octanol–water partition coefficient (Wildman–Crippen LogP) is 3.92. The highest BCUT2D eigenvalue weighted by Crippen LogP contribution is 2.33. The van der Waals surface area contributed by atoms with Gasteiger partial charge in [0.25, 0.3) is 0 Å². The van der Waals surface area contributed by atoms with E-state index >= 15 is 0 Å². The molecule has 0 radical (unpaired) electrons. The van der Waals surface area contributed by atoms with Crippen LogP contribution in [0.3, 0.4) is 0 Å². The van der Waals surface area contributed by atoms with E-state index < -0.39 is 17.7 Å². The van der Waals surface area contributed by atoms with Crippen LogP contribution >= 0.6 is 0 Å². The first-order chi connectivity index (χ1) is 14.2. The minimum atomic E-state index is -0.866. The number of hydrogen-bond donors (Lipinski definition) is 1. The van der Waals surface area contributed by atoms with Crippen LogP contribution in [0.2, 0.25) is 0 Å². The molecule has 2 aromatic heterocycles. The summed E-state index contributed by atoms with van der Waals surface area (Å²) in [6, 6.07) is 5.68. The second kappa shape index (κ2) is 7.43. The monoisotopic (exact) mass is 412 g/mol. The van der Waals surface area contributed by atoms with Gasteiger partial charge in [0.1, 0.15) is 5.82 Å². The zero-order valence-electron chi connectivity index (χ0n) is 17.9. The number of fused-ring (bicyclic) bond motifs is 1. The van der Waals surface area contributed by atoms with Crippen molar-refractivity contribution < 1.29 is 8.78 Å². The maximum atomic E-state index is 14.2. The van der Waals surface area contributed by atoms with Crippen LogP contribution in [-0.2, 0) is 0 Å². The van der Waals surface area contributed by atoms with Gasteiger partial charge < -0.3 is 15.1 Å². The Morgan fingerprint density at radius 1 is 1.17 bits per heavy atom. The summed E-state index contributed by atoms with van der Waals surface area (Å²) in [4.78, 5) is 9.06. The lowest BCUT2D eigenvalue weighted by atomic mass is 9.91. The van der Waals surface area contributed by atoms with Gasteiger partial charge in [0.15, 0.2) is 17.5 Å². The third kappa shape index (κ3) is 3.45. The average Bonchev–Trinajstić information content (AvgIpc) is 2.69. The summed E-state index contributed by atoms with van der Waals surface area (Å²) in [6.07, 6.45) is 1.80. The number of anilines is 2. The maximum Gasteiger partial charge on any atom is 0.164 e. The van der Waals surface area contributed by atoms with Crippen molar-refractivity contribution in [1.29, 1.82) is 0 Å². The summed E-state index contributed by atoms with van der Waals surface area (Å²) in [6.45, 7) is 7.63. The minimum Gasteiger partial charge on any atom is -0.361 e. The van der Waals surface area contributed by atoms with Gasteiger partial charge in [-0.25, -0.2) is 13.8 Å². The van der Waals surface area contributed by atoms with Gasteiger partial charge in [-0.2, -0.15) is 5.10 Å². The van der Waals surface area contributed by atoms with Crippen LogP contribution in [0.15, 0.2) is 30.5 Å². The van der Waals surface area contributed by atoms with E-state index in [0.29, 0.717) is 5.82 Å². The van der Waals surface area contributed by atoms with E-state index in [1.807, 2.05) is 13.0 Å². The zero-order valence-corrected chi connectivity index (χ0v) is 17.9. The van der Waals surface area contributed by atoms with Crippen LogP contribution in [0, 0.1) is 18.6 Å². The van der Waals surface area contributed by atoms with Gasteiger partial charge in [-0.15, -0.1) is 5.10 Å². The highest BCUT2D eigenvalue weighted by molar-refractivity contribution is 5.94. The van der Waals surface area contributed by atoms with Crippen LogP contribution in [0.25, 0.3) is 10.8 Å². The highest BCUT2D eigenvalue weighted by Gasteiger charge is 2.41. The third-order valence-electron chi connectivity index (χ3n) is 6.10. The van der Waals surface area contributed by atoms with Crippen molar-refractivity contribution in [1.82, 2.24) is 20.1 Å². The number of benzene rings is 1. The molecule has 158 valence electrons. The predicted molar refractivity (Wildman–Crippen MR) is 115 cm³/mol. The van der Waals surface area contributed by atoms with Crippen molar-refractivity contribution in [3.05, 3.63) is 53.4 Å². The summed E-state index contributed by atoms with van der Waals surface area (Å²) in [5.74, 6) is -0.338. The number of rotatable bonds is 5. The zero-order chi connectivity index (χ0) is 21.6. The summed E-state index contributed by atoms with van der Waals surface area (Å²) in [7, 11) is 4.16. The van der Waals surface area contributed by atoms with E-state index in [0.717, 1.165) is 41.4 Å². The van der Waals surface area contributed by atoms with Crippen LogP contribution in [0.1, 0.15) is 31.1 Å². The van der Waals surface area contributed by atoms with Crippen LogP contribution in [-0.4, -0.2) is 52.8 Å². The first kappa shape index (κ1) is 20.4. The number of nitrogens with one attached hydrogen (secondary N) is 1. The Morgan fingerprint density at radius 3 is 2.60 bits per heavy atom. The largest absolute Gasteiger partial charge is 0.361 e. The molecule has 0 unspecified atom stereocenters. The number of pyridine rings is 1. The van der Waals surface area contributed by atoms with Crippen molar-refractivity contribution in [2.24, 2.45) is 0 Å². The van der Waals surface area contributed by atoms with E-state index in [1.165, 1.54) is 6.07 Å². The van der Waals surface area contributed by atoms with E-state index in [1.54, 1.807) is 19.2 Å². The smallest absolute Gasteiger partial charge is 0.164 e. The first-order valence-corrected chi connectivity index (χ1v) is 9.95. The fourth-order valence-corrected chi connectivity index (χ4v) is 3.80. The quantitative estimate of drug-likeness (QED) is 0.685. The number of likely N-dealkylation sites (N-methyl/N-ethyl adjacent to an activating group) is 1. The fraction of sp³-hybridized carbons (Fsp3) is 0.409. The van der Waals surface area contributed by atoms with Gasteiger partial charge in [0, 0.05) is 35.6 Å². The molecular formula is C22H26F2N6. The van der Waals surface area contributed by atoms with Crippen LogP contribution < -0.4 is 10.2 Å². The molecule has 3 aromatic rings. The van der Waals surface area contributed by atoms with Gasteiger partial charge in [-0.3, -0.25) is 0 Å². The molecule has 1 aliphatic rings.